The Balaban J connectivity index is 2.42. The van der Waals surface area contributed by atoms with Gasteiger partial charge in [-0.1, -0.05) is 0 Å². The highest BCUT2D eigenvalue weighted by atomic mass is 19.4. The number of hydrogen-bond donors (Lipinski definition) is 2. The molecule has 1 aliphatic carbocycles. The molecule has 0 aliphatic heterocycles. The van der Waals surface area contributed by atoms with Crippen LogP contribution in [-0.2, 0) is 18.5 Å². The second kappa shape index (κ2) is 13.0. The highest BCUT2D eigenvalue weighted by Crippen LogP contribution is 2.59. The van der Waals surface area contributed by atoms with Gasteiger partial charge in [0.2, 0.25) is 0 Å². The minimum Gasteiger partial charge on any atom is -0.398 e. The van der Waals surface area contributed by atoms with Crippen molar-refractivity contribution in [2.45, 2.75) is 18.5 Å². The third-order valence-corrected chi connectivity index (χ3v) is 7.42. The quantitative estimate of drug-likeness (QED) is 0.154. The smallest absolute Gasteiger partial charge is 0.398 e. The highest BCUT2D eigenvalue weighted by Gasteiger charge is 2.48. The molecule has 0 heterocycles. The van der Waals surface area contributed by atoms with Gasteiger partial charge in [-0.05, 0) is 36.4 Å². The number of allylic oxidation sites excluding steroid dienone is 6. The van der Waals surface area contributed by atoms with Gasteiger partial charge < -0.3 is 11.5 Å². The Kier molecular flexibility index (Phi) is 9.24. The molecule has 0 spiro atoms. The fourth-order valence-electron chi connectivity index (χ4n) is 5.40. The molecule has 18 heteroatoms. The molecule has 9 nitrogen and oxygen atoms in total. The third kappa shape index (κ3) is 6.38. The van der Waals surface area contributed by atoms with Crippen LogP contribution in [0.4, 0.5) is 50.9 Å². The van der Waals surface area contributed by atoms with Gasteiger partial charge >= 0.3 is 18.5 Å². The standard InChI is InChI=1S/C34H10F9N9/c35-32(36,37)21-2-14(7-44)1-17(10-47)26(21)18(11-48)29-30(19(12-49)27-22(33(38,39)40)3-15(8-45)5-24(27)51)31(29)20(13-50)28-23(34(41,42)43)4-16(9-46)6-25(28)52/h1-6H,51-52H2. The Morgan fingerprint density at radius 3 is 0.981 bits per heavy atom. The first-order valence-corrected chi connectivity index (χ1v) is 13.6. The molecule has 1 aliphatic rings. The summed E-state index contributed by atoms with van der Waals surface area (Å²) in [4.78, 5) is 0. The van der Waals surface area contributed by atoms with E-state index >= 15 is 0 Å². The molecule has 3 aromatic carbocycles. The van der Waals surface area contributed by atoms with E-state index in [4.69, 9.17) is 11.5 Å². The van der Waals surface area contributed by atoms with Gasteiger partial charge in [-0.3, -0.25) is 0 Å². The molecule has 1 fully saturated rings. The summed E-state index contributed by atoms with van der Waals surface area (Å²) in [6, 6.07) is 12.4. The summed E-state index contributed by atoms with van der Waals surface area (Å²) >= 11 is 0. The van der Waals surface area contributed by atoms with Crippen LogP contribution < -0.4 is 11.5 Å². The van der Waals surface area contributed by atoms with Crippen LogP contribution in [0.15, 0.2) is 53.1 Å². The summed E-state index contributed by atoms with van der Waals surface area (Å²) in [6.07, 6.45) is -16.2. The van der Waals surface area contributed by atoms with Crippen molar-refractivity contribution in [2.75, 3.05) is 11.5 Å². The maximum atomic E-state index is 14.4. The third-order valence-electron chi connectivity index (χ3n) is 7.42. The SMILES string of the molecule is N#CC(=C1C(=C(C#N)c2c(N)cc(C#N)cc2C(F)(F)F)C1=C(C#N)c1c(C#N)cc(C#N)cc1C(F)(F)F)c1c(N)cc(C#N)cc1C(F)(F)F. The van der Waals surface area contributed by atoms with Crippen LogP contribution in [-0.4, -0.2) is 0 Å². The van der Waals surface area contributed by atoms with Gasteiger partial charge in [0, 0.05) is 44.8 Å². The van der Waals surface area contributed by atoms with E-state index in [9.17, 15) is 76.3 Å². The molecule has 4 N–H and O–H groups in total. The Morgan fingerprint density at radius 2 is 0.712 bits per heavy atom. The van der Waals surface area contributed by atoms with E-state index < -0.39 is 119 Å². The number of nitriles is 7. The largest absolute Gasteiger partial charge is 0.417 e. The number of nitrogens with two attached hydrogens (primary N) is 2. The molecule has 254 valence electrons. The molecule has 0 bridgehead atoms. The molecular formula is C34H10F9N9. The van der Waals surface area contributed by atoms with Crippen molar-refractivity contribution >= 4 is 28.1 Å². The lowest BCUT2D eigenvalue weighted by atomic mass is 9.91. The van der Waals surface area contributed by atoms with Crippen LogP contribution in [0, 0.1) is 79.3 Å². The summed E-state index contributed by atoms with van der Waals surface area (Å²) in [7, 11) is 0. The highest BCUT2D eigenvalue weighted by molar-refractivity contribution is 6.14. The Morgan fingerprint density at radius 1 is 0.423 bits per heavy atom. The van der Waals surface area contributed by atoms with E-state index in [0.29, 0.717) is 18.2 Å². The Labute approximate surface area is 285 Å². The van der Waals surface area contributed by atoms with Crippen molar-refractivity contribution in [3.05, 3.63) is 109 Å². The van der Waals surface area contributed by atoms with Gasteiger partial charge in [-0.15, -0.1) is 0 Å². The zero-order valence-electron chi connectivity index (χ0n) is 25.2. The number of rotatable bonds is 3. The van der Waals surface area contributed by atoms with Crippen molar-refractivity contribution in [3.63, 3.8) is 0 Å². The monoisotopic (exact) mass is 715 g/mol. The van der Waals surface area contributed by atoms with Crippen molar-refractivity contribution in [2.24, 2.45) is 0 Å². The lowest BCUT2D eigenvalue weighted by molar-refractivity contribution is -0.138. The topological polar surface area (TPSA) is 219 Å². The van der Waals surface area contributed by atoms with E-state index in [1.807, 2.05) is 0 Å². The summed E-state index contributed by atoms with van der Waals surface area (Å²) in [5.41, 5.74) is -8.81. The normalized spacial score (nSPS) is 14.3. The van der Waals surface area contributed by atoms with Crippen LogP contribution in [0.1, 0.15) is 55.6 Å². The van der Waals surface area contributed by atoms with E-state index in [1.165, 1.54) is 42.5 Å². The van der Waals surface area contributed by atoms with Crippen LogP contribution in [0.25, 0.3) is 16.7 Å². The average molecular weight is 715 g/mol. The summed E-state index contributed by atoms with van der Waals surface area (Å²) in [6.45, 7) is 0. The predicted octanol–water partition coefficient (Wildman–Crippen LogP) is 7.64. The number of alkyl halides is 9. The van der Waals surface area contributed by atoms with Crippen LogP contribution in [0.2, 0.25) is 0 Å². The average Bonchev–Trinajstić information content (AvgIpc) is 3.78. The van der Waals surface area contributed by atoms with Gasteiger partial charge in [-0.25, -0.2) is 0 Å². The van der Waals surface area contributed by atoms with Gasteiger partial charge in [-0.2, -0.15) is 76.3 Å². The van der Waals surface area contributed by atoms with Crippen molar-refractivity contribution in [1.29, 1.82) is 36.8 Å². The predicted molar refractivity (Wildman–Crippen MR) is 160 cm³/mol. The van der Waals surface area contributed by atoms with Crippen molar-refractivity contribution < 1.29 is 39.5 Å². The zero-order chi connectivity index (χ0) is 39.1. The molecule has 0 amide bonds. The molecule has 4 rings (SSSR count). The number of anilines is 2. The van der Waals surface area contributed by atoms with Gasteiger partial charge in [0.15, 0.2) is 0 Å². The molecule has 0 saturated heterocycles. The van der Waals surface area contributed by atoms with E-state index in [2.05, 4.69) is 0 Å². The van der Waals surface area contributed by atoms with Crippen LogP contribution in [0.5, 0.6) is 0 Å². The summed E-state index contributed by atoms with van der Waals surface area (Å²) in [5, 5.41) is 68.3. The molecular weight excluding hydrogens is 705 g/mol. The number of nitrogens with zero attached hydrogens (tertiary/aromatic N) is 7. The van der Waals surface area contributed by atoms with Crippen molar-refractivity contribution in [1.82, 2.24) is 0 Å². The van der Waals surface area contributed by atoms with Gasteiger partial charge in [0.25, 0.3) is 0 Å². The first-order valence-electron chi connectivity index (χ1n) is 13.6. The second-order valence-corrected chi connectivity index (χ2v) is 10.4. The Hall–Kier alpha value is -7.72. The first-order chi connectivity index (χ1) is 24.2. The Bertz CT molecular complexity index is 2400. The minimum absolute atomic E-state index is 0.223. The molecule has 0 aromatic heterocycles. The summed E-state index contributed by atoms with van der Waals surface area (Å²) < 4.78 is 130. The fraction of sp³-hybridized carbons (Fsp3) is 0.0882. The van der Waals surface area contributed by atoms with E-state index in [-0.39, 0.29) is 18.2 Å². The molecule has 0 atom stereocenters. The van der Waals surface area contributed by atoms with Crippen LogP contribution >= 0.6 is 0 Å². The van der Waals surface area contributed by atoms with E-state index in [1.54, 1.807) is 0 Å². The minimum atomic E-state index is -5.45. The fourth-order valence-corrected chi connectivity index (χ4v) is 5.40. The number of hydrogen-bond acceptors (Lipinski definition) is 9. The maximum absolute atomic E-state index is 14.4. The molecule has 52 heavy (non-hydrogen) atoms. The maximum Gasteiger partial charge on any atom is 0.417 e. The molecule has 0 unspecified atom stereocenters. The number of benzene rings is 3. The first kappa shape index (κ1) is 37.1. The van der Waals surface area contributed by atoms with Crippen LogP contribution in [0.3, 0.4) is 0 Å². The number of nitrogen functional groups attached to an aromatic ring is 2. The lowest BCUT2D eigenvalue weighted by Crippen LogP contribution is -2.12. The lowest BCUT2D eigenvalue weighted by Gasteiger charge is -2.15. The number of halogens is 9. The van der Waals surface area contributed by atoms with Crippen molar-refractivity contribution in [3.8, 4) is 42.5 Å². The molecule has 0 radical (unpaired) electrons. The van der Waals surface area contributed by atoms with Gasteiger partial charge in [0.05, 0.1) is 79.9 Å². The van der Waals surface area contributed by atoms with E-state index in [0.717, 1.165) is 0 Å². The second-order valence-electron chi connectivity index (χ2n) is 10.4. The zero-order valence-corrected chi connectivity index (χ0v) is 25.2. The van der Waals surface area contributed by atoms with Gasteiger partial charge in [0.1, 0.15) is 18.2 Å². The molecule has 3 aromatic rings. The summed E-state index contributed by atoms with van der Waals surface area (Å²) in [5.74, 6) is 0. The molecule has 1 saturated carbocycles.